The highest BCUT2D eigenvalue weighted by molar-refractivity contribution is 6.33. The molecule has 96 valence electrons. The third-order valence-corrected chi connectivity index (χ3v) is 3.49. The number of fused-ring (bicyclic) bond motifs is 1. The number of nitrogens with zero attached hydrogens (tertiary/aromatic N) is 3. The van der Waals surface area contributed by atoms with E-state index < -0.39 is 0 Å². The molecule has 2 heterocycles. The second-order valence-electron chi connectivity index (χ2n) is 4.19. The van der Waals surface area contributed by atoms with Crippen LogP contribution in [-0.2, 0) is 6.42 Å². The predicted octanol–water partition coefficient (Wildman–Crippen LogP) is 3.21. The van der Waals surface area contributed by atoms with Crippen LogP contribution in [0, 0.1) is 0 Å². The molecule has 3 rings (SSSR count). The Morgan fingerprint density at radius 2 is 1.79 bits per heavy atom. The molecule has 1 aromatic carbocycles. The summed E-state index contributed by atoms with van der Waals surface area (Å²) >= 11 is 11.8. The first-order valence-corrected chi connectivity index (χ1v) is 6.43. The fraction of sp³-hybridized carbons (Fsp3) is 0.0769. The maximum Gasteiger partial charge on any atom is 0.185 e. The molecule has 0 saturated carbocycles. The SMILES string of the molecule is Nc1c(Cl)ccn2c(Cc3ccc(Cl)cc3)nnc12. The molecule has 3 aromatic rings. The Bertz CT molecular complexity index is 734. The second-order valence-corrected chi connectivity index (χ2v) is 5.03. The third kappa shape index (κ3) is 2.25. The van der Waals surface area contributed by atoms with Crippen LogP contribution in [0.2, 0.25) is 10.0 Å². The molecule has 0 radical (unpaired) electrons. The van der Waals surface area contributed by atoms with Crippen LogP contribution in [0.3, 0.4) is 0 Å². The molecule has 0 fully saturated rings. The van der Waals surface area contributed by atoms with Gasteiger partial charge in [0.15, 0.2) is 5.65 Å². The molecule has 0 amide bonds. The number of halogens is 2. The van der Waals surface area contributed by atoms with Crippen molar-refractivity contribution in [2.75, 3.05) is 5.73 Å². The number of hydrogen-bond acceptors (Lipinski definition) is 3. The van der Waals surface area contributed by atoms with E-state index in [2.05, 4.69) is 10.2 Å². The van der Waals surface area contributed by atoms with Gasteiger partial charge < -0.3 is 5.73 Å². The van der Waals surface area contributed by atoms with Crippen LogP contribution in [0.15, 0.2) is 36.5 Å². The van der Waals surface area contributed by atoms with Crippen molar-refractivity contribution in [1.82, 2.24) is 14.6 Å². The zero-order valence-corrected chi connectivity index (χ0v) is 11.4. The van der Waals surface area contributed by atoms with Gasteiger partial charge in [-0.3, -0.25) is 4.40 Å². The van der Waals surface area contributed by atoms with E-state index in [9.17, 15) is 0 Å². The third-order valence-electron chi connectivity index (χ3n) is 2.91. The number of nitrogens with two attached hydrogens (primary N) is 1. The first kappa shape index (κ1) is 12.3. The molecule has 19 heavy (non-hydrogen) atoms. The van der Waals surface area contributed by atoms with Gasteiger partial charge in [-0.2, -0.15) is 0 Å². The molecule has 0 atom stereocenters. The van der Waals surface area contributed by atoms with Crippen molar-refractivity contribution >= 4 is 34.5 Å². The maximum absolute atomic E-state index is 5.95. The second kappa shape index (κ2) is 4.72. The lowest BCUT2D eigenvalue weighted by molar-refractivity contribution is 0.935. The molecule has 0 aliphatic heterocycles. The lowest BCUT2D eigenvalue weighted by Crippen LogP contribution is -1.98. The quantitative estimate of drug-likeness (QED) is 0.789. The Morgan fingerprint density at radius 1 is 1.05 bits per heavy atom. The summed E-state index contributed by atoms with van der Waals surface area (Å²) < 4.78 is 1.84. The van der Waals surface area contributed by atoms with Crippen LogP contribution in [0.5, 0.6) is 0 Å². The average Bonchev–Trinajstić information content (AvgIpc) is 2.80. The molecular weight excluding hydrogens is 283 g/mol. The fourth-order valence-electron chi connectivity index (χ4n) is 1.91. The molecular formula is C13H10Cl2N4. The Labute approximate surface area is 119 Å². The lowest BCUT2D eigenvalue weighted by atomic mass is 10.1. The first-order chi connectivity index (χ1) is 9.15. The van der Waals surface area contributed by atoms with Gasteiger partial charge in [-0.25, -0.2) is 0 Å². The molecule has 0 aliphatic carbocycles. The summed E-state index contributed by atoms with van der Waals surface area (Å²) in [5, 5.41) is 9.42. The number of anilines is 1. The zero-order chi connectivity index (χ0) is 13.4. The first-order valence-electron chi connectivity index (χ1n) is 5.67. The Kier molecular flexibility index (Phi) is 3.05. The van der Waals surface area contributed by atoms with E-state index in [0.717, 1.165) is 11.4 Å². The fourth-order valence-corrected chi connectivity index (χ4v) is 2.17. The minimum atomic E-state index is 0.444. The maximum atomic E-state index is 5.95. The van der Waals surface area contributed by atoms with Crippen molar-refractivity contribution in [3.8, 4) is 0 Å². The number of benzene rings is 1. The van der Waals surface area contributed by atoms with Crippen molar-refractivity contribution in [2.45, 2.75) is 6.42 Å². The van der Waals surface area contributed by atoms with Crippen LogP contribution < -0.4 is 5.73 Å². The minimum absolute atomic E-state index is 0.444. The highest BCUT2D eigenvalue weighted by Crippen LogP contribution is 2.23. The number of aromatic nitrogens is 3. The van der Waals surface area contributed by atoms with Gasteiger partial charge in [-0.1, -0.05) is 35.3 Å². The number of rotatable bonds is 2. The van der Waals surface area contributed by atoms with Crippen molar-refractivity contribution in [3.05, 3.63) is 58.0 Å². The minimum Gasteiger partial charge on any atom is -0.394 e. The van der Waals surface area contributed by atoms with Gasteiger partial charge >= 0.3 is 0 Å². The van der Waals surface area contributed by atoms with E-state index >= 15 is 0 Å². The lowest BCUT2D eigenvalue weighted by Gasteiger charge is -2.03. The van der Waals surface area contributed by atoms with Crippen LogP contribution >= 0.6 is 23.2 Å². The van der Waals surface area contributed by atoms with Crippen molar-refractivity contribution in [1.29, 1.82) is 0 Å². The van der Waals surface area contributed by atoms with Crippen LogP contribution in [0.4, 0.5) is 5.69 Å². The highest BCUT2D eigenvalue weighted by atomic mass is 35.5. The summed E-state index contributed by atoms with van der Waals surface area (Å²) in [7, 11) is 0. The van der Waals surface area contributed by atoms with E-state index in [1.807, 2.05) is 34.9 Å². The van der Waals surface area contributed by atoms with Crippen molar-refractivity contribution in [3.63, 3.8) is 0 Å². The monoisotopic (exact) mass is 292 g/mol. The summed E-state index contributed by atoms with van der Waals surface area (Å²) in [5.74, 6) is 0.806. The van der Waals surface area contributed by atoms with Crippen LogP contribution in [-0.4, -0.2) is 14.6 Å². The molecule has 0 saturated heterocycles. The van der Waals surface area contributed by atoms with Gasteiger partial charge in [-0.05, 0) is 23.8 Å². The molecule has 0 unspecified atom stereocenters. The van der Waals surface area contributed by atoms with Crippen molar-refractivity contribution in [2.24, 2.45) is 0 Å². The largest absolute Gasteiger partial charge is 0.394 e. The average molecular weight is 293 g/mol. The summed E-state index contributed by atoms with van der Waals surface area (Å²) in [6, 6.07) is 9.36. The summed E-state index contributed by atoms with van der Waals surface area (Å²) in [6.07, 6.45) is 2.47. The molecule has 6 heteroatoms. The van der Waals surface area contributed by atoms with Crippen molar-refractivity contribution < 1.29 is 0 Å². The number of nitrogen functional groups attached to an aromatic ring is 1. The van der Waals surface area contributed by atoms with Crippen LogP contribution in [0.25, 0.3) is 5.65 Å². The standard InChI is InChI=1S/C13H10Cl2N4/c14-9-3-1-8(2-4-9)7-11-17-18-13-12(16)10(15)5-6-19(11)13/h1-6H,7,16H2. The van der Waals surface area contributed by atoms with E-state index in [4.69, 9.17) is 28.9 Å². The number of hydrogen-bond donors (Lipinski definition) is 1. The number of pyridine rings is 1. The topological polar surface area (TPSA) is 56.2 Å². The molecule has 0 spiro atoms. The summed E-state index contributed by atoms with van der Waals surface area (Å²) in [4.78, 5) is 0. The van der Waals surface area contributed by atoms with Gasteiger partial charge in [0, 0.05) is 17.6 Å². The Balaban J connectivity index is 2.02. The molecule has 4 nitrogen and oxygen atoms in total. The Hall–Kier alpha value is -1.78. The molecule has 2 aromatic heterocycles. The van der Waals surface area contributed by atoms with E-state index in [1.165, 1.54) is 0 Å². The Morgan fingerprint density at radius 3 is 2.53 bits per heavy atom. The molecule has 0 bridgehead atoms. The molecule has 0 aliphatic rings. The highest BCUT2D eigenvalue weighted by Gasteiger charge is 2.10. The van der Waals surface area contributed by atoms with Gasteiger partial charge in [0.25, 0.3) is 0 Å². The van der Waals surface area contributed by atoms with Crippen LogP contribution in [0.1, 0.15) is 11.4 Å². The predicted molar refractivity (Wildman–Crippen MR) is 76.7 cm³/mol. The summed E-state index contributed by atoms with van der Waals surface area (Å²) in [5.41, 5.74) is 8.00. The zero-order valence-electron chi connectivity index (χ0n) is 9.85. The van der Waals surface area contributed by atoms with E-state index in [1.54, 1.807) is 6.07 Å². The molecule has 2 N–H and O–H groups in total. The normalized spacial score (nSPS) is 11.1. The smallest absolute Gasteiger partial charge is 0.185 e. The summed E-state index contributed by atoms with van der Waals surface area (Å²) in [6.45, 7) is 0. The van der Waals surface area contributed by atoms with E-state index in [-0.39, 0.29) is 0 Å². The van der Waals surface area contributed by atoms with Gasteiger partial charge in [0.05, 0.1) is 10.7 Å². The van der Waals surface area contributed by atoms with Gasteiger partial charge in [0.1, 0.15) is 5.82 Å². The van der Waals surface area contributed by atoms with Gasteiger partial charge in [0.2, 0.25) is 0 Å². The van der Waals surface area contributed by atoms with Gasteiger partial charge in [-0.15, -0.1) is 10.2 Å². The van der Waals surface area contributed by atoms with E-state index in [0.29, 0.717) is 27.8 Å².